The highest BCUT2D eigenvalue weighted by Gasteiger charge is 2.14. The van der Waals surface area contributed by atoms with Crippen LogP contribution in [-0.4, -0.2) is 32.1 Å². The Morgan fingerprint density at radius 2 is 2.17 bits per heavy atom. The van der Waals surface area contributed by atoms with Crippen molar-refractivity contribution in [2.75, 3.05) is 36.4 Å². The standard InChI is InChI=1S/C14H19N3O/c1-3-14(18)16-12-10-11(2)4-5-13(12)17-8-6-15-7-9-17/h3-5,10,15H,1,6-9H2,2H3,(H,16,18). The van der Waals surface area contributed by atoms with E-state index in [9.17, 15) is 4.79 Å². The average molecular weight is 245 g/mol. The molecule has 1 aliphatic heterocycles. The van der Waals surface area contributed by atoms with Crippen molar-refractivity contribution in [2.24, 2.45) is 0 Å². The van der Waals surface area contributed by atoms with Crippen molar-refractivity contribution in [3.63, 3.8) is 0 Å². The molecular weight excluding hydrogens is 226 g/mol. The summed E-state index contributed by atoms with van der Waals surface area (Å²) in [4.78, 5) is 13.8. The number of hydrogen-bond acceptors (Lipinski definition) is 3. The first-order chi connectivity index (χ1) is 8.70. The van der Waals surface area contributed by atoms with Crippen molar-refractivity contribution in [1.29, 1.82) is 0 Å². The fourth-order valence-electron chi connectivity index (χ4n) is 2.12. The minimum Gasteiger partial charge on any atom is -0.367 e. The number of nitrogens with one attached hydrogen (secondary N) is 2. The minimum atomic E-state index is -0.169. The summed E-state index contributed by atoms with van der Waals surface area (Å²) in [6.45, 7) is 9.37. The Morgan fingerprint density at radius 1 is 1.44 bits per heavy atom. The highest BCUT2D eigenvalue weighted by atomic mass is 16.1. The lowest BCUT2D eigenvalue weighted by Crippen LogP contribution is -2.43. The molecule has 0 aliphatic carbocycles. The quantitative estimate of drug-likeness (QED) is 0.794. The molecule has 1 saturated heterocycles. The van der Waals surface area contributed by atoms with Gasteiger partial charge < -0.3 is 15.5 Å². The topological polar surface area (TPSA) is 44.4 Å². The molecule has 1 aromatic carbocycles. The van der Waals surface area contributed by atoms with Gasteiger partial charge in [0.15, 0.2) is 0 Å². The van der Waals surface area contributed by atoms with Gasteiger partial charge in [0.1, 0.15) is 0 Å². The summed E-state index contributed by atoms with van der Waals surface area (Å²) in [5.74, 6) is -0.169. The molecule has 96 valence electrons. The highest BCUT2D eigenvalue weighted by Crippen LogP contribution is 2.27. The molecule has 4 heteroatoms. The van der Waals surface area contributed by atoms with E-state index in [1.54, 1.807) is 0 Å². The van der Waals surface area contributed by atoms with Crippen molar-refractivity contribution in [2.45, 2.75) is 6.92 Å². The molecule has 4 nitrogen and oxygen atoms in total. The fourth-order valence-corrected chi connectivity index (χ4v) is 2.12. The summed E-state index contributed by atoms with van der Waals surface area (Å²) in [6, 6.07) is 6.14. The SMILES string of the molecule is C=CC(=O)Nc1cc(C)ccc1N1CCNCC1. The van der Waals surface area contributed by atoms with Crippen molar-refractivity contribution in [1.82, 2.24) is 5.32 Å². The predicted molar refractivity (Wildman–Crippen MR) is 75.1 cm³/mol. The van der Waals surface area contributed by atoms with Crippen LogP contribution in [0.4, 0.5) is 11.4 Å². The van der Waals surface area contributed by atoms with Gasteiger partial charge in [-0.1, -0.05) is 12.6 Å². The third-order valence-electron chi connectivity index (χ3n) is 3.05. The van der Waals surface area contributed by atoms with Crippen LogP contribution >= 0.6 is 0 Å². The van der Waals surface area contributed by atoms with Crippen LogP contribution in [0, 0.1) is 6.92 Å². The number of carbonyl (C=O) groups is 1. The van der Waals surface area contributed by atoms with Gasteiger partial charge in [-0.25, -0.2) is 0 Å². The maximum atomic E-state index is 11.5. The van der Waals surface area contributed by atoms with E-state index < -0.39 is 0 Å². The number of carbonyl (C=O) groups excluding carboxylic acids is 1. The summed E-state index contributed by atoms with van der Waals surface area (Å²) in [5, 5.41) is 6.20. The van der Waals surface area contributed by atoms with Gasteiger partial charge in [0.2, 0.25) is 5.91 Å². The Labute approximate surface area is 108 Å². The number of aryl methyl sites for hydroxylation is 1. The molecule has 1 amide bonds. The van der Waals surface area contributed by atoms with Gasteiger partial charge in [-0.15, -0.1) is 0 Å². The minimum absolute atomic E-state index is 0.169. The zero-order chi connectivity index (χ0) is 13.0. The van der Waals surface area contributed by atoms with E-state index >= 15 is 0 Å². The largest absolute Gasteiger partial charge is 0.367 e. The zero-order valence-corrected chi connectivity index (χ0v) is 10.7. The fraction of sp³-hybridized carbons (Fsp3) is 0.357. The van der Waals surface area contributed by atoms with Gasteiger partial charge >= 0.3 is 0 Å². The van der Waals surface area contributed by atoms with Crippen LogP contribution in [0.3, 0.4) is 0 Å². The van der Waals surface area contributed by atoms with Crippen LogP contribution in [0.5, 0.6) is 0 Å². The molecule has 18 heavy (non-hydrogen) atoms. The molecule has 1 fully saturated rings. The number of anilines is 2. The number of rotatable bonds is 3. The Kier molecular flexibility index (Phi) is 3.99. The van der Waals surface area contributed by atoms with Crippen LogP contribution in [-0.2, 0) is 4.79 Å². The van der Waals surface area contributed by atoms with Crippen molar-refractivity contribution < 1.29 is 4.79 Å². The number of benzene rings is 1. The lowest BCUT2D eigenvalue weighted by Gasteiger charge is -2.31. The molecule has 2 N–H and O–H groups in total. The molecule has 0 atom stereocenters. The van der Waals surface area contributed by atoms with E-state index in [1.807, 2.05) is 13.0 Å². The third-order valence-corrected chi connectivity index (χ3v) is 3.05. The molecular formula is C14H19N3O. The Bertz CT molecular complexity index is 450. The third kappa shape index (κ3) is 2.90. The molecule has 0 radical (unpaired) electrons. The lowest BCUT2D eigenvalue weighted by atomic mass is 10.1. The van der Waals surface area contributed by atoms with E-state index in [2.05, 4.69) is 34.2 Å². The maximum Gasteiger partial charge on any atom is 0.247 e. The van der Waals surface area contributed by atoms with Crippen molar-refractivity contribution in [3.8, 4) is 0 Å². The molecule has 0 aromatic heterocycles. The summed E-state index contributed by atoms with van der Waals surface area (Å²) in [5.41, 5.74) is 3.08. The first kappa shape index (κ1) is 12.6. The van der Waals surface area contributed by atoms with Gasteiger partial charge in [0.05, 0.1) is 11.4 Å². The van der Waals surface area contributed by atoms with Crippen LogP contribution in [0.2, 0.25) is 0 Å². The maximum absolute atomic E-state index is 11.5. The van der Waals surface area contributed by atoms with E-state index in [4.69, 9.17) is 0 Å². The van der Waals surface area contributed by atoms with Gasteiger partial charge in [-0.3, -0.25) is 4.79 Å². The monoisotopic (exact) mass is 245 g/mol. The van der Waals surface area contributed by atoms with Gasteiger partial charge in [-0.2, -0.15) is 0 Å². The number of piperazine rings is 1. The second-order valence-corrected chi connectivity index (χ2v) is 4.45. The average Bonchev–Trinajstić information content (AvgIpc) is 2.40. The normalized spacial score (nSPS) is 15.3. The molecule has 0 saturated carbocycles. The highest BCUT2D eigenvalue weighted by molar-refractivity contribution is 6.01. The molecule has 0 spiro atoms. The van der Waals surface area contributed by atoms with Crippen LogP contribution < -0.4 is 15.5 Å². The molecule has 1 heterocycles. The molecule has 2 rings (SSSR count). The van der Waals surface area contributed by atoms with E-state index in [0.717, 1.165) is 43.1 Å². The van der Waals surface area contributed by atoms with E-state index in [0.29, 0.717) is 0 Å². The van der Waals surface area contributed by atoms with E-state index in [-0.39, 0.29) is 5.91 Å². The predicted octanol–water partition coefficient (Wildman–Crippen LogP) is 1.53. The van der Waals surface area contributed by atoms with Crippen LogP contribution in [0.1, 0.15) is 5.56 Å². The summed E-state index contributed by atoms with van der Waals surface area (Å²) in [7, 11) is 0. The first-order valence-corrected chi connectivity index (χ1v) is 6.20. The van der Waals surface area contributed by atoms with Crippen molar-refractivity contribution >= 4 is 17.3 Å². The summed E-state index contributed by atoms with van der Waals surface area (Å²) >= 11 is 0. The van der Waals surface area contributed by atoms with Gasteiger partial charge in [0.25, 0.3) is 0 Å². The lowest BCUT2D eigenvalue weighted by molar-refractivity contribution is -0.111. The molecule has 1 aliphatic rings. The zero-order valence-electron chi connectivity index (χ0n) is 10.7. The molecule has 0 bridgehead atoms. The van der Waals surface area contributed by atoms with Gasteiger partial charge in [-0.05, 0) is 30.7 Å². The van der Waals surface area contributed by atoms with Crippen LogP contribution in [0.15, 0.2) is 30.9 Å². The second kappa shape index (κ2) is 5.69. The Hall–Kier alpha value is -1.81. The Balaban J connectivity index is 2.26. The van der Waals surface area contributed by atoms with Crippen LogP contribution in [0.25, 0.3) is 0 Å². The van der Waals surface area contributed by atoms with Crippen molar-refractivity contribution in [3.05, 3.63) is 36.4 Å². The van der Waals surface area contributed by atoms with E-state index in [1.165, 1.54) is 6.08 Å². The second-order valence-electron chi connectivity index (χ2n) is 4.45. The number of hydrogen-bond donors (Lipinski definition) is 2. The molecule has 0 unspecified atom stereocenters. The Morgan fingerprint density at radius 3 is 2.83 bits per heavy atom. The summed E-state index contributed by atoms with van der Waals surface area (Å²) < 4.78 is 0. The number of amides is 1. The van der Waals surface area contributed by atoms with Gasteiger partial charge in [0, 0.05) is 26.2 Å². The molecule has 1 aromatic rings. The first-order valence-electron chi connectivity index (χ1n) is 6.20. The number of nitrogens with zero attached hydrogens (tertiary/aromatic N) is 1. The summed E-state index contributed by atoms with van der Waals surface area (Å²) in [6.07, 6.45) is 1.30. The smallest absolute Gasteiger partial charge is 0.247 e.